The van der Waals surface area contributed by atoms with Crippen molar-refractivity contribution >= 4 is 23.9 Å². The van der Waals surface area contributed by atoms with Crippen molar-refractivity contribution < 1.29 is 18.5 Å². The molecule has 2 aromatic rings. The number of nitro benzene ring substituents is 1. The van der Waals surface area contributed by atoms with Crippen LogP contribution in [-0.2, 0) is 9.09 Å². The third-order valence-corrected chi connectivity index (χ3v) is 6.07. The molecule has 2 aromatic carbocycles. The van der Waals surface area contributed by atoms with E-state index in [0.29, 0.717) is 0 Å². The van der Waals surface area contributed by atoms with Crippen molar-refractivity contribution in [2.24, 2.45) is 0 Å². The van der Waals surface area contributed by atoms with Crippen LogP contribution >= 0.6 is 18.2 Å². The Labute approximate surface area is 131 Å². The van der Waals surface area contributed by atoms with Gasteiger partial charge in [-0.25, -0.2) is 4.57 Å². The summed E-state index contributed by atoms with van der Waals surface area (Å²) in [4.78, 5) is 10.9. The topological polar surface area (TPSA) is 78.7 Å². The number of rotatable bonds is 7. The van der Waals surface area contributed by atoms with Gasteiger partial charge in [-0.2, -0.15) is 0 Å². The molecule has 0 saturated carbocycles. The lowest BCUT2D eigenvalue weighted by molar-refractivity contribution is -0.384. The molecule has 1 unspecified atom stereocenters. The van der Waals surface area contributed by atoms with Gasteiger partial charge in [-0.1, -0.05) is 18.2 Å². The zero-order valence-corrected chi connectivity index (χ0v) is 13.5. The van der Waals surface area contributed by atoms with E-state index in [2.05, 4.69) is 0 Å². The van der Waals surface area contributed by atoms with Gasteiger partial charge in [0.25, 0.3) is 5.69 Å². The predicted molar refractivity (Wildman–Crippen MR) is 85.3 cm³/mol. The molecular formula is C14H14NO5PS. The average Bonchev–Trinajstić information content (AvgIpc) is 2.48. The molecule has 0 aliphatic rings. The first-order valence-corrected chi connectivity index (χ1v) is 9.42. The van der Waals surface area contributed by atoms with Crippen molar-refractivity contribution in [3.63, 3.8) is 0 Å². The Morgan fingerprint density at radius 1 is 1.14 bits per heavy atom. The van der Waals surface area contributed by atoms with Gasteiger partial charge in [0.05, 0.1) is 11.5 Å². The molecule has 0 N–H and O–H groups in total. The van der Waals surface area contributed by atoms with Crippen molar-refractivity contribution in [3.05, 3.63) is 64.7 Å². The first-order chi connectivity index (χ1) is 10.5. The lowest BCUT2D eigenvalue weighted by Gasteiger charge is -2.17. The van der Waals surface area contributed by atoms with Crippen LogP contribution in [0.25, 0.3) is 0 Å². The normalized spacial score (nSPS) is 13.3. The van der Waals surface area contributed by atoms with E-state index in [0.717, 1.165) is 16.3 Å². The van der Waals surface area contributed by atoms with E-state index in [9.17, 15) is 14.7 Å². The summed E-state index contributed by atoms with van der Waals surface area (Å²) in [5.41, 5.74) is -0.0608. The number of hydrogen-bond donors (Lipinski definition) is 0. The fourth-order valence-electron chi connectivity index (χ4n) is 1.60. The number of benzene rings is 2. The first kappa shape index (κ1) is 16.5. The van der Waals surface area contributed by atoms with Crippen molar-refractivity contribution in [3.8, 4) is 5.75 Å². The van der Waals surface area contributed by atoms with Gasteiger partial charge in [-0.15, -0.1) is 0 Å². The highest BCUT2D eigenvalue weighted by Crippen LogP contribution is 2.62. The van der Waals surface area contributed by atoms with Crippen LogP contribution in [0.5, 0.6) is 5.75 Å². The van der Waals surface area contributed by atoms with E-state index in [4.69, 9.17) is 9.05 Å². The van der Waals surface area contributed by atoms with Gasteiger partial charge in [0.2, 0.25) is 0 Å². The average molecular weight is 339 g/mol. The molecule has 8 heteroatoms. The highest BCUT2D eigenvalue weighted by Gasteiger charge is 2.28. The standard InChI is InChI=1S/C14H14NO5PS/c1-2-19-21(18,22-14-6-4-3-5-7-14)20-13-10-8-12(9-11-13)15(16)17/h3-11H,2H2,1H3. The van der Waals surface area contributed by atoms with Crippen LogP contribution in [0, 0.1) is 10.1 Å². The quantitative estimate of drug-likeness (QED) is 0.405. The van der Waals surface area contributed by atoms with Gasteiger partial charge in [0.1, 0.15) is 5.75 Å². The Hall–Kier alpha value is -1.82. The van der Waals surface area contributed by atoms with E-state index in [1.165, 1.54) is 24.3 Å². The molecule has 0 amide bonds. The Kier molecular flexibility index (Phi) is 5.60. The monoisotopic (exact) mass is 339 g/mol. The summed E-state index contributed by atoms with van der Waals surface area (Å²) in [6.45, 7) is -1.51. The fraction of sp³-hybridized carbons (Fsp3) is 0.143. The summed E-state index contributed by atoms with van der Waals surface area (Å²) >= 11 is 0.998. The molecule has 0 heterocycles. The number of hydrogen-bond acceptors (Lipinski definition) is 6. The predicted octanol–water partition coefficient (Wildman–Crippen LogP) is 4.91. The largest absolute Gasteiger partial charge is 0.444 e. The van der Waals surface area contributed by atoms with E-state index in [1.54, 1.807) is 19.1 Å². The van der Waals surface area contributed by atoms with Gasteiger partial charge >= 0.3 is 6.80 Å². The molecule has 0 aliphatic heterocycles. The zero-order chi connectivity index (χ0) is 16.0. The summed E-state index contributed by atoms with van der Waals surface area (Å²) in [7, 11) is 0. The minimum Gasteiger partial charge on any atom is -0.417 e. The molecule has 2 rings (SSSR count). The van der Waals surface area contributed by atoms with Crippen LogP contribution in [0.15, 0.2) is 59.5 Å². The highest BCUT2D eigenvalue weighted by molar-refractivity contribution is 8.55. The van der Waals surface area contributed by atoms with Gasteiger partial charge in [0.15, 0.2) is 0 Å². The van der Waals surface area contributed by atoms with Crippen LogP contribution in [0.2, 0.25) is 0 Å². The van der Waals surface area contributed by atoms with Crippen molar-refractivity contribution in [1.29, 1.82) is 0 Å². The molecule has 0 bridgehead atoms. The van der Waals surface area contributed by atoms with Crippen LogP contribution in [0.4, 0.5) is 5.69 Å². The van der Waals surface area contributed by atoms with Gasteiger partial charge in [-0.3, -0.25) is 14.6 Å². The van der Waals surface area contributed by atoms with E-state index < -0.39 is 11.7 Å². The lowest BCUT2D eigenvalue weighted by atomic mass is 10.3. The minimum absolute atomic E-state index is 0.0608. The second kappa shape index (κ2) is 7.45. The Bertz CT molecular complexity index is 677. The molecule has 0 radical (unpaired) electrons. The second-order valence-corrected chi connectivity index (χ2v) is 7.99. The SMILES string of the molecule is CCOP(=O)(Oc1ccc([N+](=O)[O-])cc1)Sc1ccccc1. The van der Waals surface area contributed by atoms with Gasteiger partial charge < -0.3 is 4.52 Å². The molecule has 0 fully saturated rings. The molecule has 116 valence electrons. The maximum atomic E-state index is 12.8. The first-order valence-electron chi connectivity index (χ1n) is 6.46. The summed E-state index contributed by atoms with van der Waals surface area (Å²) in [6.07, 6.45) is 0. The lowest BCUT2D eigenvalue weighted by Crippen LogP contribution is -1.95. The van der Waals surface area contributed by atoms with Crippen molar-refractivity contribution in [2.75, 3.05) is 6.61 Å². The van der Waals surface area contributed by atoms with Crippen LogP contribution < -0.4 is 4.52 Å². The molecule has 22 heavy (non-hydrogen) atoms. The van der Waals surface area contributed by atoms with Gasteiger partial charge in [-0.05, 0) is 31.2 Å². The van der Waals surface area contributed by atoms with Crippen LogP contribution in [0.3, 0.4) is 0 Å². The van der Waals surface area contributed by atoms with Crippen molar-refractivity contribution in [2.45, 2.75) is 11.8 Å². The summed E-state index contributed by atoms with van der Waals surface area (Å²) in [6, 6.07) is 14.5. The third-order valence-electron chi connectivity index (χ3n) is 2.51. The fourth-order valence-corrected chi connectivity index (χ4v) is 4.96. The summed E-state index contributed by atoms with van der Waals surface area (Å²) in [5, 5.41) is 10.6. The second-order valence-electron chi connectivity index (χ2n) is 4.11. The number of nitrogens with zero attached hydrogens (tertiary/aromatic N) is 1. The molecule has 0 aliphatic carbocycles. The van der Waals surface area contributed by atoms with Gasteiger partial charge in [0, 0.05) is 28.4 Å². The van der Waals surface area contributed by atoms with Crippen LogP contribution in [0.1, 0.15) is 6.92 Å². The minimum atomic E-state index is -3.46. The Balaban J connectivity index is 2.17. The maximum Gasteiger partial charge on any atom is 0.444 e. The van der Waals surface area contributed by atoms with E-state index in [1.807, 2.05) is 18.2 Å². The summed E-state index contributed by atoms with van der Waals surface area (Å²) < 4.78 is 23.5. The van der Waals surface area contributed by atoms with E-state index >= 15 is 0 Å². The molecule has 0 saturated heterocycles. The third kappa shape index (κ3) is 4.59. The van der Waals surface area contributed by atoms with Crippen molar-refractivity contribution in [1.82, 2.24) is 0 Å². The molecule has 1 atom stereocenters. The zero-order valence-electron chi connectivity index (χ0n) is 11.7. The molecular weight excluding hydrogens is 325 g/mol. The Morgan fingerprint density at radius 2 is 1.77 bits per heavy atom. The number of non-ortho nitro benzene ring substituents is 1. The maximum absolute atomic E-state index is 12.8. The smallest absolute Gasteiger partial charge is 0.417 e. The Morgan fingerprint density at radius 3 is 2.32 bits per heavy atom. The summed E-state index contributed by atoms with van der Waals surface area (Å²) in [5.74, 6) is 0.255. The molecule has 0 spiro atoms. The highest BCUT2D eigenvalue weighted by atomic mass is 32.7. The molecule has 0 aromatic heterocycles. The molecule has 6 nitrogen and oxygen atoms in total. The van der Waals surface area contributed by atoms with Crippen LogP contribution in [-0.4, -0.2) is 11.5 Å². The number of nitro groups is 1. The van der Waals surface area contributed by atoms with E-state index in [-0.39, 0.29) is 18.0 Å².